The van der Waals surface area contributed by atoms with Crippen molar-refractivity contribution in [3.63, 3.8) is 0 Å². The fourth-order valence-electron chi connectivity index (χ4n) is 1.63. The van der Waals surface area contributed by atoms with E-state index in [2.05, 4.69) is 0 Å². The summed E-state index contributed by atoms with van der Waals surface area (Å²) in [6.45, 7) is 2.38. The SMILES string of the molecule is COCCOCCC(CN)c1ccc(F)cc1. The third-order valence-electron chi connectivity index (χ3n) is 2.67. The molecule has 0 spiro atoms. The molecule has 0 aliphatic rings. The van der Waals surface area contributed by atoms with Gasteiger partial charge in [0.1, 0.15) is 5.82 Å². The fourth-order valence-corrected chi connectivity index (χ4v) is 1.63. The van der Waals surface area contributed by atoms with Crippen molar-refractivity contribution < 1.29 is 13.9 Å². The van der Waals surface area contributed by atoms with E-state index < -0.39 is 0 Å². The molecule has 1 rings (SSSR count). The predicted octanol–water partition coefficient (Wildman–Crippen LogP) is 1.92. The van der Waals surface area contributed by atoms with Crippen LogP contribution < -0.4 is 5.73 Å². The van der Waals surface area contributed by atoms with E-state index in [9.17, 15) is 4.39 Å². The maximum Gasteiger partial charge on any atom is 0.123 e. The van der Waals surface area contributed by atoms with Gasteiger partial charge < -0.3 is 15.2 Å². The van der Waals surface area contributed by atoms with Gasteiger partial charge in [0.25, 0.3) is 0 Å². The van der Waals surface area contributed by atoms with Crippen LogP contribution in [0.5, 0.6) is 0 Å². The molecule has 1 aromatic carbocycles. The van der Waals surface area contributed by atoms with E-state index in [1.807, 2.05) is 0 Å². The van der Waals surface area contributed by atoms with Gasteiger partial charge in [-0.2, -0.15) is 0 Å². The Morgan fingerprint density at radius 2 is 1.88 bits per heavy atom. The van der Waals surface area contributed by atoms with Crippen molar-refractivity contribution in [1.82, 2.24) is 0 Å². The average Bonchev–Trinajstić information content (AvgIpc) is 2.35. The second-order valence-corrected chi connectivity index (χ2v) is 3.88. The van der Waals surface area contributed by atoms with Gasteiger partial charge in [-0.3, -0.25) is 0 Å². The lowest BCUT2D eigenvalue weighted by Gasteiger charge is -2.15. The van der Waals surface area contributed by atoms with Gasteiger partial charge in [-0.15, -0.1) is 0 Å². The number of ether oxygens (including phenoxy) is 2. The molecule has 0 saturated carbocycles. The van der Waals surface area contributed by atoms with E-state index in [0.717, 1.165) is 12.0 Å². The molecule has 1 atom stereocenters. The number of benzene rings is 1. The average molecular weight is 241 g/mol. The Labute approximate surface area is 102 Å². The van der Waals surface area contributed by atoms with Crippen LogP contribution in [0.1, 0.15) is 17.9 Å². The summed E-state index contributed by atoms with van der Waals surface area (Å²) in [7, 11) is 1.64. The lowest BCUT2D eigenvalue weighted by atomic mass is 9.96. The summed E-state index contributed by atoms with van der Waals surface area (Å²) < 4.78 is 23.1. The second-order valence-electron chi connectivity index (χ2n) is 3.88. The molecule has 0 amide bonds. The molecule has 4 heteroatoms. The Morgan fingerprint density at radius 1 is 1.18 bits per heavy atom. The highest BCUT2D eigenvalue weighted by atomic mass is 19.1. The minimum absolute atomic E-state index is 0.221. The lowest BCUT2D eigenvalue weighted by molar-refractivity contribution is 0.0672. The van der Waals surface area contributed by atoms with Gasteiger partial charge in [-0.05, 0) is 36.6 Å². The minimum atomic E-state index is -0.221. The van der Waals surface area contributed by atoms with Crippen molar-refractivity contribution in [2.75, 3.05) is 33.5 Å². The molecule has 0 aliphatic carbocycles. The first-order valence-electron chi connectivity index (χ1n) is 5.80. The Bertz CT molecular complexity index is 303. The Hall–Kier alpha value is -0.970. The van der Waals surface area contributed by atoms with Crippen LogP contribution in [0.4, 0.5) is 4.39 Å². The topological polar surface area (TPSA) is 44.5 Å². The van der Waals surface area contributed by atoms with Crippen LogP contribution in [0.15, 0.2) is 24.3 Å². The number of hydrogen-bond donors (Lipinski definition) is 1. The Morgan fingerprint density at radius 3 is 2.47 bits per heavy atom. The van der Waals surface area contributed by atoms with Crippen molar-refractivity contribution in [2.24, 2.45) is 5.73 Å². The van der Waals surface area contributed by atoms with Gasteiger partial charge >= 0.3 is 0 Å². The zero-order chi connectivity index (χ0) is 12.5. The molecule has 17 heavy (non-hydrogen) atoms. The van der Waals surface area contributed by atoms with E-state index in [1.165, 1.54) is 12.1 Å². The van der Waals surface area contributed by atoms with E-state index in [-0.39, 0.29) is 11.7 Å². The summed E-state index contributed by atoms with van der Waals surface area (Å²) in [5, 5.41) is 0. The smallest absolute Gasteiger partial charge is 0.123 e. The number of hydrogen-bond acceptors (Lipinski definition) is 3. The first-order valence-corrected chi connectivity index (χ1v) is 5.80. The molecule has 1 unspecified atom stereocenters. The second kappa shape index (κ2) is 8.17. The summed E-state index contributed by atoms with van der Waals surface area (Å²) in [6.07, 6.45) is 0.839. The number of methoxy groups -OCH3 is 1. The lowest BCUT2D eigenvalue weighted by Crippen LogP contribution is -2.15. The monoisotopic (exact) mass is 241 g/mol. The summed E-state index contributed by atoms with van der Waals surface area (Å²) >= 11 is 0. The van der Waals surface area contributed by atoms with Crippen LogP contribution in [-0.2, 0) is 9.47 Å². The quantitative estimate of drug-likeness (QED) is 0.707. The molecular weight excluding hydrogens is 221 g/mol. The van der Waals surface area contributed by atoms with Crippen LogP contribution in [0, 0.1) is 5.82 Å². The highest BCUT2D eigenvalue weighted by molar-refractivity contribution is 5.20. The first-order chi connectivity index (χ1) is 8.27. The van der Waals surface area contributed by atoms with Gasteiger partial charge in [-0.25, -0.2) is 4.39 Å². The van der Waals surface area contributed by atoms with E-state index in [4.69, 9.17) is 15.2 Å². The molecule has 0 heterocycles. The van der Waals surface area contributed by atoms with Crippen LogP contribution in [0.25, 0.3) is 0 Å². The highest BCUT2D eigenvalue weighted by Crippen LogP contribution is 2.18. The maximum absolute atomic E-state index is 12.8. The van der Waals surface area contributed by atoms with Crippen molar-refractivity contribution >= 4 is 0 Å². The molecule has 2 N–H and O–H groups in total. The van der Waals surface area contributed by atoms with Gasteiger partial charge in [-0.1, -0.05) is 12.1 Å². The number of rotatable bonds is 8. The van der Waals surface area contributed by atoms with E-state index >= 15 is 0 Å². The largest absolute Gasteiger partial charge is 0.382 e. The third kappa shape index (κ3) is 5.26. The summed E-state index contributed by atoms with van der Waals surface area (Å²) in [5.74, 6) is -0.000916. The molecule has 0 radical (unpaired) electrons. The number of halogens is 1. The van der Waals surface area contributed by atoms with Crippen molar-refractivity contribution in [3.8, 4) is 0 Å². The van der Waals surface area contributed by atoms with Crippen LogP contribution in [0.3, 0.4) is 0 Å². The van der Waals surface area contributed by atoms with Crippen molar-refractivity contribution in [2.45, 2.75) is 12.3 Å². The first kappa shape index (κ1) is 14.1. The van der Waals surface area contributed by atoms with Gasteiger partial charge in [0.05, 0.1) is 13.2 Å². The predicted molar refractivity (Wildman–Crippen MR) is 65.5 cm³/mol. The molecule has 0 fully saturated rings. The minimum Gasteiger partial charge on any atom is -0.382 e. The maximum atomic E-state index is 12.8. The summed E-state index contributed by atoms with van der Waals surface area (Å²) in [5.41, 5.74) is 6.77. The summed E-state index contributed by atoms with van der Waals surface area (Å²) in [6, 6.07) is 6.48. The molecule has 3 nitrogen and oxygen atoms in total. The third-order valence-corrected chi connectivity index (χ3v) is 2.67. The molecule has 1 aromatic rings. The van der Waals surface area contributed by atoms with Crippen molar-refractivity contribution in [1.29, 1.82) is 0 Å². The standard InChI is InChI=1S/C13H20FNO2/c1-16-8-9-17-7-6-12(10-15)11-2-4-13(14)5-3-11/h2-5,12H,6-10,15H2,1H3. The Kier molecular flexibility index (Phi) is 6.77. The highest BCUT2D eigenvalue weighted by Gasteiger charge is 2.09. The molecule has 0 aliphatic heterocycles. The van der Waals surface area contributed by atoms with Gasteiger partial charge in [0.15, 0.2) is 0 Å². The Balaban J connectivity index is 2.35. The van der Waals surface area contributed by atoms with E-state index in [0.29, 0.717) is 26.4 Å². The normalized spacial score (nSPS) is 12.6. The van der Waals surface area contributed by atoms with Crippen LogP contribution in [0.2, 0.25) is 0 Å². The molecular formula is C13H20FNO2. The molecule has 96 valence electrons. The zero-order valence-electron chi connectivity index (χ0n) is 10.2. The molecule has 0 bridgehead atoms. The number of nitrogens with two attached hydrogens (primary N) is 1. The summed E-state index contributed by atoms with van der Waals surface area (Å²) in [4.78, 5) is 0. The fraction of sp³-hybridized carbons (Fsp3) is 0.538. The zero-order valence-corrected chi connectivity index (χ0v) is 10.2. The molecule has 0 saturated heterocycles. The van der Waals surface area contributed by atoms with Gasteiger partial charge in [0.2, 0.25) is 0 Å². The van der Waals surface area contributed by atoms with Crippen molar-refractivity contribution in [3.05, 3.63) is 35.6 Å². The molecule has 0 aromatic heterocycles. The van der Waals surface area contributed by atoms with Crippen LogP contribution in [-0.4, -0.2) is 33.5 Å². The van der Waals surface area contributed by atoms with Crippen LogP contribution >= 0.6 is 0 Å². The van der Waals surface area contributed by atoms with Gasteiger partial charge in [0, 0.05) is 13.7 Å². The van der Waals surface area contributed by atoms with E-state index in [1.54, 1.807) is 19.2 Å².